The Bertz CT molecular complexity index is 753. The van der Waals surface area contributed by atoms with Crippen molar-refractivity contribution >= 4 is 11.5 Å². The van der Waals surface area contributed by atoms with Gasteiger partial charge in [0.15, 0.2) is 5.78 Å². The lowest BCUT2D eigenvalue weighted by Crippen LogP contribution is -2.29. The number of hydrogen-bond donors (Lipinski definition) is 1. The maximum atomic E-state index is 12.5. The van der Waals surface area contributed by atoms with Gasteiger partial charge in [-0.25, -0.2) is 4.98 Å². The molecule has 0 saturated heterocycles. The summed E-state index contributed by atoms with van der Waals surface area (Å²) in [5.41, 5.74) is 1.64. The Morgan fingerprint density at radius 3 is 2.87 bits per heavy atom. The van der Waals surface area contributed by atoms with Crippen molar-refractivity contribution < 1.29 is 4.79 Å². The summed E-state index contributed by atoms with van der Waals surface area (Å²) in [5, 5.41) is 3.17. The molecule has 5 heteroatoms. The normalized spacial score (nSPS) is 16.1. The van der Waals surface area contributed by atoms with Gasteiger partial charge in [0.05, 0.1) is 12.2 Å². The fourth-order valence-electron chi connectivity index (χ4n) is 3.07. The standard InChI is InChI=1S/C18H21N3O2/c1-13(22)16-9-10-17-20-12-15(18(23)21(16)17)19-11-5-8-14-6-3-2-4-7-14/h2-4,6-7,12,16,19H,5,8-11H2,1H3. The number of carbonyl (C=O) groups excluding carboxylic acids is 1. The third-order valence-corrected chi connectivity index (χ3v) is 4.29. The maximum absolute atomic E-state index is 12.5. The highest BCUT2D eigenvalue weighted by molar-refractivity contribution is 5.80. The van der Waals surface area contributed by atoms with Crippen molar-refractivity contribution in [3.05, 3.63) is 58.3 Å². The van der Waals surface area contributed by atoms with E-state index in [0.717, 1.165) is 12.8 Å². The molecule has 23 heavy (non-hydrogen) atoms. The molecule has 0 aliphatic carbocycles. The minimum atomic E-state index is -0.351. The van der Waals surface area contributed by atoms with E-state index in [4.69, 9.17) is 0 Å². The Hall–Kier alpha value is -2.43. The molecule has 1 aliphatic rings. The lowest BCUT2D eigenvalue weighted by atomic mass is 10.1. The van der Waals surface area contributed by atoms with Gasteiger partial charge < -0.3 is 5.32 Å². The van der Waals surface area contributed by atoms with Crippen LogP contribution in [0.15, 0.2) is 41.3 Å². The Morgan fingerprint density at radius 1 is 1.35 bits per heavy atom. The van der Waals surface area contributed by atoms with Gasteiger partial charge in [-0.15, -0.1) is 0 Å². The number of rotatable bonds is 6. The van der Waals surface area contributed by atoms with E-state index in [1.807, 2.05) is 18.2 Å². The largest absolute Gasteiger partial charge is 0.379 e. The van der Waals surface area contributed by atoms with Crippen molar-refractivity contribution in [3.8, 4) is 0 Å². The zero-order valence-corrected chi connectivity index (χ0v) is 13.3. The van der Waals surface area contributed by atoms with Gasteiger partial charge in [-0.3, -0.25) is 14.2 Å². The average Bonchev–Trinajstić information content (AvgIpc) is 2.99. The van der Waals surface area contributed by atoms with Gasteiger partial charge in [0.25, 0.3) is 5.56 Å². The number of aryl methyl sites for hydroxylation is 2. The van der Waals surface area contributed by atoms with Gasteiger partial charge >= 0.3 is 0 Å². The molecule has 1 unspecified atom stereocenters. The van der Waals surface area contributed by atoms with Gasteiger partial charge in [-0.05, 0) is 31.7 Å². The first-order chi connectivity index (χ1) is 11.2. The van der Waals surface area contributed by atoms with Crippen molar-refractivity contribution in [2.24, 2.45) is 0 Å². The third kappa shape index (κ3) is 3.33. The second-order valence-electron chi connectivity index (χ2n) is 5.94. The zero-order chi connectivity index (χ0) is 16.2. The van der Waals surface area contributed by atoms with Gasteiger partial charge in [0.1, 0.15) is 11.5 Å². The molecule has 0 fully saturated rings. The van der Waals surface area contributed by atoms with E-state index in [-0.39, 0.29) is 17.4 Å². The van der Waals surface area contributed by atoms with Crippen LogP contribution >= 0.6 is 0 Å². The number of fused-ring (bicyclic) bond motifs is 1. The van der Waals surface area contributed by atoms with Crippen LogP contribution in [0.3, 0.4) is 0 Å². The van der Waals surface area contributed by atoms with Crippen molar-refractivity contribution in [2.45, 2.75) is 38.6 Å². The second-order valence-corrected chi connectivity index (χ2v) is 5.94. The van der Waals surface area contributed by atoms with Gasteiger partial charge in [-0.2, -0.15) is 0 Å². The van der Waals surface area contributed by atoms with E-state index < -0.39 is 0 Å². The highest BCUT2D eigenvalue weighted by atomic mass is 16.1. The van der Waals surface area contributed by atoms with Crippen LogP contribution in [0, 0.1) is 0 Å². The van der Waals surface area contributed by atoms with Gasteiger partial charge in [0, 0.05) is 13.0 Å². The van der Waals surface area contributed by atoms with Crippen LogP contribution in [-0.2, 0) is 17.6 Å². The fraction of sp³-hybridized carbons (Fsp3) is 0.389. The Kier molecular flexibility index (Phi) is 4.55. The first kappa shape index (κ1) is 15.5. The zero-order valence-electron chi connectivity index (χ0n) is 13.3. The molecule has 0 radical (unpaired) electrons. The van der Waals surface area contributed by atoms with E-state index in [9.17, 15) is 9.59 Å². The lowest BCUT2D eigenvalue weighted by Gasteiger charge is -2.13. The van der Waals surface area contributed by atoms with E-state index in [0.29, 0.717) is 30.9 Å². The van der Waals surface area contributed by atoms with Crippen LogP contribution in [0.2, 0.25) is 0 Å². The van der Waals surface area contributed by atoms with Crippen molar-refractivity contribution in [2.75, 3.05) is 11.9 Å². The van der Waals surface area contributed by atoms with Crippen molar-refractivity contribution in [3.63, 3.8) is 0 Å². The average molecular weight is 311 g/mol. The van der Waals surface area contributed by atoms with Crippen molar-refractivity contribution in [1.29, 1.82) is 0 Å². The van der Waals surface area contributed by atoms with Crippen LogP contribution in [0.5, 0.6) is 0 Å². The fourth-order valence-corrected chi connectivity index (χ4v) is 3.07. The molecule has 1 N–H and O–H groups in total. The van der Waals surface area contributed by atoms with E-state index in [2.05, 4.69) is 22.4 Å². The monoisotopic (exact) mass is 311 g/mol. The molecule has 1 aromatic heterocycles. The van der Waals surface area contributed by atoms with Crippen LogP contribution in [0.1, 0.15) is 37.2 Å². The molecule has 2 aromatic rings. The maximum Gasteiger partial charge on any atom is 0.277 e. The molecule has 1 aromatic carbocycles. The molecule has 1 aliphatic heterocycles. The predicted octanol–water partition coefficient (Wildman–Crippen LogP) is 2.36. The van der Waals surface area contributed by atoms with Crippen LogP contribution in [0.4, 0.5) is 5.69 Å². The molecule has 1 atom stereocenters. The van der Waals surface area contributed by atoms with Gasteiger partial charge in [0.2, 0.25) is 0 Å². The molecule has 0 amide bonds. The molecule has 5 nitrogen and oxygen atoms in total. The predicted molar refractivity (Wildman–Crippen MR) is 89.8 cm³/mol. The molecule has 120 valence electrons. The molecule has 0 spiro atoms. The van der Waals surface area contributed by atoms with E-state index >= 15 is 0 Å². The topological polar surface area (TPSA) is 64.0 Å². The molecule has 2 heterocycles. The summed E-state index contributed by atoms with van der Waals surface area (Å²) >= 11 is 0. The van der Waals surface area contributed by atoms with Crippen LogP contribution < -0.4 is 10.9 Å². The summed E-state index contributed by atoms with van der Waals surface area (Å²) < 4.78 is 1.56. The molecule has 3 rings (SSSR count). The number of ketones is 1. The smallest absolute Gasteiger partial charge is 0.277 e. The number of anilines is 1. The number of Topliss-reactive ketones (excluding diaryl/α,β-unsaturated/α-hetero) is 1. The highest BCUT2D eigenvalue weighted by Crippen LogP contribution is 2.23. The second kappa shape index (κ2) is 6.77. The Labute approximate surface area is 135 Å². The molecular formula is C18H21N3O2. The van der Waals surface area contributed by atoms with Crippen LogP contribution in [-0.4, -0.2) is 21.9 Å². The summed E-state index contributed by atoms with van der Waals surface area (Å²) in [6.07, 6.45) is 4.85. The summed E-state index contributed by atoms with van der Waals surface area (Å²) in [5.74, 6) is 0.735. The number of carbonyl (C=O) groups is 1. The lowest BCUT2D eigenvalue weighted by molar-refractivity contribution is -0.119. The Morgan fingerprint density at radius 2 is 2.13 bits per heavy atom. The SMILES string of the molecule is CC(=O)C1CCc2ncc(NCCCc3ccccc3)c(=O)n21. The number of nitrogens with zero attached hydrogens (tertiary/aromatic N) is 2. The van der Waals surface area contributed by atoms with Crippen LogP contribution in [0.25, 0.3) is 0 Å². The number of nitrogens with one attached hydrogen (secondary N) is 1. The summed E-state index contributed by atoms with van der Waals surface area (Å²) in [6, 6.07) is 9.91. The third-order valence-electron chi connectivity index (χ3n) is 4.29. The van der Waals surface area contributed by atoms with E-state index in [1.165, 1.54) is 12.5 Å². The van der Waals surface area contributed by atoms with E-state index in [1.54, 1.807) is 10.8 Å². The van der Waals surface area contributed by atoms with Crippen molar-refractivity contribution in [1.82, 2.24) is 9.55 Å². The molecule has 0 bridgehead atoms. The molecular weight excluding hydrogens is 290 g/mol. The first-order valence-electron chi connectivity index (χ1n) is 8.05. The number of benzene rings is 1. The minimum absolute atomic E-state index is 0.0221. The highest BCUT2D eigenvalue weighted by Gasteiger charge is 2.28. The first-order valence-corrected chi connectivity index (χ1v) is 8.05. The molecule has 0 saturated carbocycles. The number of hydrogen-bond acceptors (Lipinski definition) is 4. The summed E-state index contributed by atoms with van der Waals surface area (Å²) in [6.45, 7) is 2.24. The quantitative estimate of drug-likeness (QED) is 0.832. The summed E-state index contributed by atoms with van der Waals surface area (Å²) in [4.78, 5) is 28.6. The Balaban J connectivity index is 1.64. The number of aromatic nitrogens is 2. The summed E-state index contributed by atoms with van der Waals surface area (Å²) in [7, 11) is 0. The van der Waals surface area contributed by atoms with Gasteiger partial charge in [-0.1, -0.05) is 30.3 Å². The minimum Gasteiger partial charge on any atom is -0.379 e.